The molecule has 1 atom stereocenters. The number of likely N-dealkylation sites (tertiary alicyclic amines) is 1. The molecule has 3 aromatic rings. The van der Waals surface area contributed by atoms with Crippen molar-refractivity contribution in [2.24, 2.45) is 0 Å². The zero-order valence-corrected chi connectivity index (χ0v) is 29.5. The Balaban J connectivity index is 0.962. The van der Waals surface area contributed by atoms with Crippen LogP contribution in [0.4, 0.5) is 10.2 Å². The summed E-state index contributed by atoms with van der Waals surface area (Å²) < 4.78 is 32.9. The summed E-state index contributed by atoms with van der Waals surface area (Å²) in [5.74, 6) is 1.02. The number of hydrogen-bond donors (Lipinski definition) is 0. The van der Waals surface area contributed by atoms with Crippen LogP contribution in [-0.4, -0.2) is 117 Å². The van der Waals surface area contributed by atoms with Gasteiger partial charge in [0.2, 0.25) is 0 Å². The van der Waals surface area contributed by atoms with E-state index < -0.39 is 5.82 Å². The fourth-order valence-corrected chi connectivity index (χ4v) is 7.90. The normalized spacial score (nSPS) is 21.3. The smallest absolute Gasteiger partial charge is 0.282 e. The number of benzene rings is 1. The lowest BCUT2D eigenvalue weighted by molar-refractivity contribution is -0.0228. The molecule has 3 saturated heterocycles. The molecule has 4 aliphatic rings. The Labute approximate surface area is 293 Å². The third-order valence-electron chi connectivity index (χ3n) is 10.9. The van der Waals surface area contributed by atoms with E-state index >= 15 is 0 Å². The molecule has 7 rings (SSSR count). The second-order valence-corrected chi connectivity index (χ2v) is 14.2. The predicted octanol–water partition coefficient (Wildman–Crippen LogP) is 4.73. The molecule has 3 fully saturated rings. The highest BCUT2D eigenvalue weighted by Crippen LogP contribution is 2.38. The Hall–Kier alpha value is -3.94. The third-order valence-corrected chi connectivity index (χ3v) is 10.9. The summed E-state index contributed by atoms with van der Waals surface area (Å²) in [5, 5.41) is 8.18. The van der Waals surface area contributed by atoms with E-state index in [4.69, 9.17) is 19.2 Å². The highest BCUT2D eigenvalue weighted by molar-refractivity contribution is 5.97. The minimum absolute atomic E-state index is 0.0425. The molecule has 6 heterocycles. The Morgan fingerprint density at radius 3 is 2.70 bits per heavy atom. The van der Waals surface area contributed by atoms with Gasteiger partial charge in [0.25, 0.3) is 11.8 Å². The van der Waals surface area contributed by atoms with Crippen molar-refractivity contribution in [1.29, 1.82) is 0 Å². The van der Waals surface area contributed by atoms with Crippen molar-refractivity contribution < 1.29 is 23.4 Å². The summed E-state index contributed by atoms with van der Waals surface area (Å²) in [4.78, 5) is 31.5. The first-order valence-electron chi connectivity index (χ1n) is 18.2. The van der Waals surface area contributed by atoms with E-state index in [1.54, 1.807) is 4.90 Å². The van der Waals surface area contributed by atoms with Crippen LogP contribution < -0.4 is 14.4 Å². The average Bonchev–Trinajstić information content (AvgIpc) is 3.64. The van der Waals surface area contributed by atoms with Crippen LogP contribution in [0.25, 0.3) is 0 Å². The summed E-state index contributed by atoms with van der Waals surface area (Å²) in [5.41, 5.74) is 2.81. The standard InChI is InChI=1S/C37H49FN8O4/c1-4-46(26(2)3)36(47)29-22-27(38)6-7-32(29)50-35-34(40-25-41-42-35)44-18-9-28(10-19-44)49-33-8-14-39-31-11-17-43(23-30(31)33)15-5-16-45-20-12-37(45)13-21-48-24-37/h6-8,14,22,25-26,28H,4-5,9-13,15-21,23-24H2,1-3H3. The largest absolute Gasteiger partial charge is 0.490 e. The van der Waals surface area contributed by atoms with Crippen LogP contribution in [0.1, 0.15) is 74.5 Å². The molecule has 0 radical (unpaired) electrons. The molecule has 50 heavy (non-hydrogen) atoms. The fourth-order valence-electron chi connectivity index (χ4n) is 7.90. The van der Waals surface area contributed by atoms with Crippen molar-refractivity contribution >= 4 is 11.7 Å². The molecular weight excluding hydrogens is 639 g/mol. The quantitative estimate of drug-likeness (QED) is 0.264. The summed E-state index contributed by atoms with van der Waals surface area (Å²) in [7, 11) is 0. The molecule has 1 unspecified atom stereocenters. The maximum absolute atomic E-state index is 14.3. The van der Waals surface area contributed by atoms with Gasteiger partial charge < -0.3 is 24.0 Å². The first-order chi connectivity index (χ1) is 24.3. The maximum atomic E-state index is 14.3. The number of halogens is 1. The number of anilines is 1. The van der Waals surface area contributed by atoms with Crippen LogP contribution in [-0.2, 0) is 17.7 Å². The molecule has 13 heteroatoms. The molecule has 12 nitrogen and oxygen atoms in total. The highest BCUT2D eigenvalue weighted by Gasteiger charge is 2.46. The molecule has 0 aliphatic carbocycles. The topological polar surface area (TPSA) is 109 Å². The number of amides is 1. The maximum Gasteiger partial charge on any atom is 0.282 e. The van der Waals surface area contributed by atoms with Crippen molar-refractivity contribution in [2.45, 2.75) is 83.5 Å². The van der Waals surface area contributed by atoms with Gasteiger partial charge in [-0.3, -0.25) is 19.6 Å². The summed E-state index contributed by atoms with van der Waals surface area (Å²) in [6.07, 6.45) is 9.41. The minimum atomic E-state index is -0.515. The summed E-state index contributed by atoms with van der Waals surface area (Å²) in [6, 6.07) is 5.90. The Bertz CT molecular complexity index is 1650. The van der Waals surface area contributed by atoms with Gasteiger partial charge in [0, 0.05) is 101 Å². The van der Waals surface area contributed by atoms with Crippen LogP contribution in [0.5, 0.6) is 17.4 Å². The Kier molecular flexibility index (Phi) is 10.4. The van der Waals surface area contributed by atoms with E-state index in [-0.39, 0.29) is 35.2 Å². The first-order valence-corrected chi connectivity index (χ1v) is 18.2. The van der Waals surface area contributed by atoms with Crippen molar-refractivity contribution in [3.8, 4) is 17.4 Å². The molecule has 1 aromatic carbocycles. The van der Waals surface area contributed by atoms with Crippen LogP contribution >= 0.6 is 0 Å². The number of piperidine rings is 1. The molecule has 0 saturated carbocycles. The number of carbonyl (C=O) groups is 1. The van der Waals surface area contributed by atoms with E-state index in [1.807, 2.05) is 33.0 Å². The van der Waals surface area contributed by atoms with Gasteiger partial charge in [-0.1, -0.05) is 0 Å². The van der Waals surface area contributed by atoms with E-state index in [0.29, 0.717) is 31.0 Å². The number of aromatic nitrogens is 4. The van der Waals surface area contributed by atoms with Gasteiger partial charge in [-0.15, -0.1) is 10.2 Å². The van der Waals surface area contributed by atoms with Crippen LogP contribution in [0.2, 0.25) is 0 Å². The lowest BCUT2D eigenvalue weighted by atomic mass is 9.84. The molecule has 268 valence electrons. The van der Waals surface area contributed by atoms with Crippen molar-refractivity contribution in [2.75, 3.05) is 63.9 Å². The average molecular weight is 689 g/mol. The van der Waals surface area contributed by atoms with Crippen LogP contribution in [0.15, 0.2) is 36.8 Å². The molecule has 4 aliphatic heterocycles. The zero-order chi connectivity index (χ0) is 34.7. The molecule has 0 N–H and O–H groups in total. The minimum Gasteiger partial charge on any atom is -0.490 e. The number of fused-ring (bicyclic) bond motifs is 1. The monoisotopic (exact) mass is 688 g/mol. The van der Waals surface area contributed by atoms with Gasteiger partial charge in [-0.2, -0.15) is 0 Å². The van der Waals surface area contributed by atoms with Gasteiger partial charge in [-0.25, -0.2) is 9.37 Å². The van der Waals surface area contributed by atoms with E-state index in [0.717, 1.165) is 76.5 Å². The Morgan fingerprint density at radius 1 is 1.10 bits per heavy atom. The Morgan fingerprint density at radius 2 is 1.96 bits per heavy atom. The fraction of sp³-hybridized carbons (Fsp3) is 0.595. The molecule has 2 aromatic heterocycles. The lowest BCUT2D eigenvalue weighted by Crippen LogP contribution is -2.60. The van der Waals surface area contributed by atoms with Gasteiger partial charge in [0.15, 0.2) is 5.82 Å². The van der Waals surface area contributed by atoms with E-state index in [9.17, 15) is 9.18 Å². The zero-order valence-electron chi connectivity index (χ0n) is 29.5. The van der Waals surface area contributed by atoms with Gasteiger partial charge in [0.05, 0.1) is 12.2 Å². The van der Waals surface area contributed by atoms with Gasteiger partial charge >= 0.3 is 0 Å². The lowest BCUT2D eigenvalue weighted by Gasteiger charge is -2.50. The van der Waals surface area contributed by atoms with E-state index in [2.05, 4.69) is 29.9 Å². The molecule has 1 amide bonds. The third kappa shape index (κ3) is 7.26. The first kappa shape index (κ1) is 34.5. The molecule has 1 spiro atoms. The number of nitrogens with zero attached hydrogens (tertiary/aromatic N) is 8. The van der Waals surface area contributed by atoms with Gasteiger partial charge in [-0.05, 0) is 70.8 Å². The van der Waals surface area contributed by atoms with Crippen LogP contribution in [0.3, 0.4) is 0 Å². The second-order valence-electron chi connectivity index (χ2n) is 14.2. The number of rotatable bonds is 12. The molecular formula is C37H49FN8O4. The van der Waals surface area contributed by atoms with E-state index in [1.165, 1.54) is 49.5 Å². The van der Waals surface area contributed by atoms with Crippen LogP contribution in [0, 0.1) is 5.82 Å². The number of hydrogen-bond acceptors (Lipinski definition) is 11. The highest BCUT2D eigenvalue weighted by atomic mass is 19.1. The van der Waals surface area contributed by atoms with Crippen molar-refractivity contribution in [3.05, 3.63) is 59.4 Å². The van der Waals surface area contributed by atoms with Crippen molar-refractivity contribution in [3.63, 3.8) is 0 Å². The molecule has 0 bridgehead atoms. The summed E-state index contributed by atoms with van der Waals surface area (Å²) in [6.45, 7) is 14.7. The SMILES string of the molecule is CCN(C(=O)c1cc(F)ccc1Oc1nncnc1N1CCC(Oc2ccnc3c2CN(CCCN2CCC24CCOC4)CC3)CC1)C(C)C. The number of pyridine rings is 1. The predicted molar refractivity (Wildman–Crippen MR) is 186 cm³/mol. The number of carbonyl (C=O) groups excluding carboxylic acids is 1. The second kappa shape index (κ2) is 15.1. The number of ether oxygens (including phenoxy) is 3. The summed E-state index contributed by atoms with van der Waals surface area (Å²) >= 11 is 0. The van der Waals surface area contributed by atoms with Crippen molar-refractivity contribution in [1.82, 2.24) is 34.9 Å². The van der Waals surface area contributed by atoms with Gasteiger partial charge in [0.1, 0.15) is 29.7 Å².